The van der Waals surface area contributed by atoms with Crippen molar-refractivity contribution in [2.75, 3.05) is 33.5 Å². The van der Waals surface area contributed by atoms with Gasteiger partial charge in [-0.05, 0) is 18.9 Å². The Bertz CT molecular complexity index is 652. The van der Waals surface area contributed by atoms with Crippen LogP contribution in [0.3, 0.4) is 0 Å². The van der Waals surface area contributed by atoms with Gasteiger partial charge in [0.2, 0.25) is 5.91 Å². The third-order valence-electron chi connectivity index (χ3n) is 4.17. The second-order valence-corrected chi connectivity index (χ2v) is 5.71. The van der Waals surface area contributed by atoms with Crippen LogP contribution in [0.2, 0.25) is 0 Å². The molecule has 0 aliphatic carbocycles. The number of primary amides is 1. The van der Waals surface area contributed by atoms with Gasteiger partial charge in [0.1, 0.15) is 5.69 Å². The van der Waals surface area contributed by atoms with E-state index in [0.717, 1.165) is 4.68 Å². The van der Waals surface area contributed by atoms with Gasteiger partial charge in [0, 0.05) is 32.9 Å². The van der Waals surface area contributed by atoms with Crippen LogP contribution >= 0.6 is 0 Å². The van der Waals surface area contributed by atoms with E-state index >= 15 is 0 Å². The molecule has 1 saturated heterocycles. The van der Waals surface area contributed by atoms with Crippen molar-refractivity contribution < 1.29 is 19.1 Å². The highest BCUT2D eigenvalue weighted by atomic mass is 16.5. The summed E-state index contributed by atoms with van der Waals surface area (Å²) in [6.07, 6.45) is 0.923. The second-order valence-electron chi connectivity index (χ2n) is 5.71. The third-order valence-corrected chi connectivity index (χ3v) is 4.17. The van der Waals surface area contributed by atoms with Crippen LogP contribution in [0.15, 0.2) is 16.9 Å². The monoisotopic (exact) mass is 338 g/mol. The van der Waals surface area contributed by atoms with Crippen molar-refractivity contribution in [3.63, 3.8) is 0 Å². The van der Waals surface area contributed by atoms with Crippen molar-refractivity contribution in [1.29, 1.82) is 0 Å². The van der Waals surface area contributed by atoms with Gasteiger partial charge in [-0.1, -0.05) is 0 Å². The summed E-state index contributed by atoms with van der Waals surface area (Å²) in [4.78, 5) is 35.8. The average Bonchev–Trinajstić information content (AvgIpc) is 2.59. The minimum Gasteiger partial charge on any atom is -0.383 e. The van der Waals surface area contributed by atoms with Gasteiger partial charge in [-0.3, -0.25) is 14.4 Å². The molecule has 132 valence electrons. The number of ether oxygens (including phenoxy) is 2. The molecule has 2 heterocycles. The Morgan fingerprint density at radius 1 is 1.42 bits per heavy atom. The zero-order valence-electron chi connectivity index (χ0n) is 13.6. The molecule has 1 aliphatic heterocycles. The highest BCUT2D eigenvalue weighted by Crippen LogP contribution is 2.29. The second kappa shape index (κ2) is 8.02. The standard InChI is InChI=1S/C15H22N4O5/c1-23-9-6-19-12(20)3-2-11(18-19)13(21)17-10-15(14(16)22)4-7-24-8-5-15/h2-3H,4-10H2,1H3,(H2,16,22)(H,17,21). The molecule has 0 aromatic carbocycles. The molecule has 1 aromatic heterocycles. The maximum atomic E-state index is 12.3. The fraction of sp³-hybridized carbons (Fsp3) is 0.600. The molecule has 0 saturated carbocycles. The van der Waals surface area contributed by atoms with Gasteiger partial charge < -0.3 is 20.5 Å². The van der Waals surface area contributed by atoms with E-state index in [-0.39, 0.29) is 24.3 Å². The average molecular weight is 338 g/mol. The van der Waals surface area contributed by atoms with Crippen molar-refractivity contribution in [3.05, 3.63) is 28.2 Å². The molecule has 0 spiro atoms. The van der Waals surface area contributed by atoms with Crippen LogP contribution in [0, 0.1) is 5.41 Å². The predicted molar refractivity (Wildman–Crippen MR) is 84.4 cm³/mol. The smallest absolute Gasteiger partial charge is 0.271 e. The number of hydrogen-bond acceptors (Lipinski definition) is 6. The lowest BCUT2D eigenvalue weighted by Gasteiger charge is -2.34. The van der Waals surface area contributed by atoms with Crippen molar-refractivity contribution in [3.8, 4) is 0 Å². The molecule has 2 rings (SSSR count). The fourth-order valence-electron chi connectivity index (χ4n) is 2.52. The Morgan fingerprint density at radius 2 is 2.12 bits per heavy atom. The van der Waals surface area contributed by atoms with E-state index in [0.29, 0.717) is 32.7 Å². The molecule has 24 heavy (non-hydrogen) atoms. The predicted octanol–water partition coefficient (Wildman–Crippen LogP) is -1.10. The van der Waals surface area contributed by atoms with Gasteiger partial charge in [-0.25, -0.2) is 4.68 Å². The lowest BCUT2D eigenvalue weighted by Crippen LogP contribution is -2.49. The summed E-state index contributed by atoms with van der Waals surface area (Å²) in [5, 5.41) is 6.70. The highest BCUT2D eigenvalue weighted by Gasteiger charge is 2.38. The first kappa shape index (κ1) is 18.1. The van der Waals surface area contributed by atoms with Gasteiger partial charge >= 0.3 is 0 Å². The topological polar surface area (TPSA) is 126 Å². The number of aromatic nitrogens is 2. The van der Waals surface area contributed by atoms with Crippen LogP contribution in [0.25, 0.3) is 0 Å². The number of nitrogens with one attached hydrogen (secondary N) is 1. The SMILES string of the molecule is COCCn1nc(C(=O)NCC2(C(N)=O)CCOCC2)ccc1=O. The lowest BCUT2D eigenvalue weighted by molar-refractivity contribution is -0.132. The van der Waals surface area contributed by atoms with Crippen LogP contribution in [0.4, 0.5) is 0 Å². The normalized spacial score (nSPS) is 16.5. The summed E-state index contributed by atoms with van der Waals surface area (Å²) in [6.45, 7) is 1.53. The van der Waals surface area contributed by atoms with Crippen LogP contribution in [0.5, 0.6) is 0 Å². The van der Waals surface area contributed by atoms with E-state index < -0.39 is 17.2 Å². The van der Waals surface area contributed by atoms with E-state index in [4.69, 9.17) is 15.2 Å². The number of carbonyl (C=O) groups is 2. The van der Waals surface area contributed by atoms with Crippen molar-refractivity contribution in [1.82, 2.24) is 15.1 Å². The number of nitrogens with zero attached hydrogens (tertiary/aromatic N) is 2. The largest absolute Gasteiger partial charge is 0.383 e. The van der Waals surface area contributed by atoms with Gasteiger partial charge in [0.25, 0.3) is 11.5 Å². The maximum absolute atomic E-state index is 12.3. The summed E-state index contributed by atoms with van der Waals surface area (Å²) in [6, 6.07) is 2.62. The Kier molecular flexibility index (Phi) is 6.04. The third kappa shape index (κ3) is 4.18. The lowest BCUT2D eigenvalue weighted by atomic mass is 9.79. The number of amides is 2. The van der Waals surface area contributed by atoms with Gasteiger partial charge in [-0.15, -0.1) is 0 Å². The van der Waals surface area contributed by atoms with E-state index in [9.17, 15) is 14.4 Å². The molecular formula is C15H22N4O5. The van der Waals surface area contributed by atoms with E-state index in [1.807, 2.05) is 0 Å². The van der Waals surface area contributed by atoms with Gasteiger partial charge in [0.05, 0.1) is 18.6 Å². The number of carbonyl (C=O) groups excluding carboxylic acids is 2. The molecule has 1 aliphatic rings. The molecule has 9 heteroatoms. The molecule has 9 nitrogen and oxygen atoms in total. The first-order chi connectivity index (χ1) is 11.5. The van der Waals surface area contributed by atoms with Crippen LogP contribution in [-0.2, 0) is 20.8 Å². The van der Waals surface area contributed by atoms with Crippen LogP contribution in [0.1, 0.15) is 23.3 Å². The first-order valence-corrected chi connectivity index (χ1v) is 7.71. The quantitative estimate of drug-likeness (QED) is 0.650. The number of rotatable bonds is 7. The zero-order chi connectivity index (χ0) is 17.6. The summed E-state index contributed by atoms with van der Waals surface area (Å²) in [5.74, 6) is -0.919. The summed E-state index contributed by atoms with van der Waals surface area (Å²) in [5.41, 5.74) is 4.47. The minimum absolute atomic E-state index is 0.0948. The van der Waals surface area contributed by atoms with Crippen LogP contribution in [-0.4, -0.2) is 55.1 Å². The molecule has 0 atom stereocenters. The summed E-state index contributed by atoms with van der Waals surface area (Å²) < 4.78 is 11.3. The maximum Gasteiger partial charge on any atom is 0.271 e. The molecule has 0 unspecified atom stereocenters. The molecular weight excluding hydrogens is 316 g/mol. The van der Waals surface area contributed by atoms with Gasteiger partial charge in [0.15, 0.2) is 0 Å². The van der Waals surface area contributed by atoms with Crippen molar-refractivity contribution >= 4 is 11.8 Å². The Balaban J connectivity index is 2.06. The fourth-order valence-corrected chi connectivity index (χ4v) is 2.52. The number of hydrogen-bond donors (Lipinski definition) is 2. The molecule has 0 radical (unpaired) electrons. The Hall–Kier alpha value is -2.26. The van der Waals surface area contributed by atoms with E-state index in [2.05, 4.69) is 10.4 Å². The van der Waals surface area contributed by atoms with Crippen LogP contribution < -0.4 is 16.6 Å². The molecule has 0 bridgehead atoms. The van der Waals surface area contributed by atoms with E-state index in [1.54, 1.807) is 0 Å². The molecule has 1 aromatic rings. The van der Waals surface area contributed by atoms with Gasteiger partial charge in [-0.2, -0.15) is 5.10 Å². The Labute approximate surface area is 139 Å². The molecule has 3 N–H and O–H groups in total. The molecule has 2 amide bonds. The number of methoxy groups -OCH3 is 1. The van der Waals surface area contributed by atoms with Crippen molar-refractivity contribution in [2.45, 2.75) is 19.4 Å². The first-order valence-electron chi connectivity index (χ1n) is 7.71. The minimum atomic E-state index is -0.807. The Morgan fingerprint density at radius 3 is 2.75 bits per heavy atom. The number of nitrogens with two attached hydrogens (primary N) is 1. The summed E-state index contributed by atoms with van der Waals surface area (Å²) in [7, 11) is 1.51. The molecule has 1 fully saturated rings. The zero-order valence-corrected chi connectivity index (χ0v) is 13.6. The van der Waals surface area contributed by atoms with E-state index in [1.165, 1.54) is 19.2 Å². The van der Waals surface area contributed by atoms with Crippen molar-refractivity contribution in [2.24, 2.45) is 11.1 Å². The summed E-state index contributed by atoms with van der Waals surface area (Å²) >= 11 is 0. The highest BCUT2D eigenvalue weighted by molar-refractivity contribution is 5.92.